The highest BCUT2D eigenvalue weighted by Crippen LogP contribution is 2.60. The Morgan fingerprint density at radius 3 is 1.91 bits per heavy atom. The van der Waals surface area contributed by atoms with Crippen molar-refractivity contribution in [2.75, 3.05) is 43.5 Å². The van der Waals surface area contributed by atoms with E-state index in [1.807, 2.05) is 60.8 Å². The van der Waals surface area contributed by atoms with Crippen LogP contribution in [0, 0.1) is 11.8 Å². The van der Waals surface area contributed by atoms with Gasteiger partial charge in [0.05, 0.1) is 45.4 Å². The monoisotopic (exact) mass is 878 g/mol. The van der Waals surface area contributed by atoms with Gasteiger partial charge in [-0.05, 0) is 114 Å². The van der Waals surface area contributed by atoms with Gasteiger partial charge in [-0.2, -0.15) is 0 Å². The molecule has 14 heteroatoms. The molecular weight excluding hydrogens is 825 g/mol. The lowest BCUT2D eigenvalue weighted by Crippen LogP contribution is -2.45. The van der Waals surface area contributed by atoms with E-state index in [9.17, 15) is 14.7 Å². The average Bonchev–Trinajstić information content (AvgIpc) is 3.98. The number of nitrogens with zero attached hydrogens (tertiary/aromatic N) is 4. The highest BCUT2D eigenvalue weighted by molar-refractivity contribution is 6.09. The van der Waals surface area contributed by atoms with Crippen molar-refractivity contribution in [1.82, 2.24) is 15.0 Å². The summed E-state index contributed by atoms with van der Waals surface area (Å²) in [6.45, 7) is 7.13. The van der Waals surface area contributed by atoms with Gasteiger partial charge in [0.2, 0.25) is 0 Å². The van der Waals surface area contributed by atoms with Gasteiger partial charge in [-0.3, -0.25) is 19.1 Å². The number of hydrogen-bond donors (Lipinski definition) is 3. The van der Waals surface area contributed by atoms with Crippen molar-refractivity contribution < 1.29 is 38.4 Å². The van der Waals surface area contributed by atoms with Crippen molar-refractivity contribution >= 4 is 34.8 Å². The lowest BCUT2D eigenvalue weighted by molar-refractivity contribution is -0.146. The van der Waals surface area contributed by atoms with Crippen LogP contribution in [0.3, 0.4) is 0 Å². The number of hydrogen-bond acceptors (Lipinski definition) is 10. The molecule has 0 saturated carbocycles. The number of aliphatic hydroxyl groups excluding tert-OH is 1. The third kappa shape index (κ3) is 8.79. The van der Waals surface area contributed by atoms with Crippen molar-refractivity contribution in [1.29, 1.82) is 0 Å². The first-order valence-electron chi connectivity index (χ1n) is 21.7. The van der Waals surface area contributed by atoms with Gasteiger partial charge in [-0.25, -0.2) is 0 Å². The molecule has 1 fully saturated rings. The molecule has 0 bridgehead atoms. The number of anilines is 3. The SMILES string of the molecule is COc1ccc(C(=O)Nc2ccc(CN3C(=O)[C@]4(O[C@H](CCn5cc(CCO)nn5)[C@@H](C(C)(C)c5ccc(OC)cc5)[C@@H]4C)c4cc(NC(=O)c5ccc(OC)cc5)ccc43)cc2)cc1. The zero-order chi connectivity index (χ0) is 45.9. The molecule has 1 spiro atoms. The summed E-state index contributed by atoms with van der Waals surface area (Å²) in [6.07, 6.45) is 2.31. The Balaban J connectivity index is 1.15. The van der Waals surface area contributed by atoms with Crippen LogP contribution < -0.4 is 29.7 Å². The molecule has 0 unspecified atom stereocenters. The zero-order valence-electron chi connectivity index (χ0n) is 37.4. The number of ether oxygens (including phenoxy) is 4. The van der Waals surface area contributed by atoms with Crippen LogP contribution in [-0.2, 0) is 40.1 Å². The molecule has 8 rings (SSSR count). The van der Waals surface area contributed by atoms with Crippen molar-refractivity contribution in [2.45, 2.75) is 63.8 Å². The van der Waals surface area contributed by atoms with Gasteiger partial charge in [0.15, 0.2) is 5.60 Å². The van der Waals surface area contributed by atoms with Crippen molar-refractivity contribution in [2.24, 2.45) is 11.8 Å². The Morgan fingerprint density at radius 1 is 0.785 bits per heavy atom. The normalized spacial score (nSPS) is 19.0. The minimum atomic E-state index is -1.44. The standard InChI is InChI=1S/C51H54N6O8/c1-32-46(50(2,3)36-13-22-42(64-6)23-14-36)45(25-27-56-31-39(26-28-58)54-55-56)65-51(32)43-29-38(53-48(60)35-11-20-41(63-5)21-12-35)17-24-44(43)57(49(51)61)30-33-7-15-37(16-8-33)52-47(59)34-9-18-40(62-4)19-10-34/h7-24,29,31-32,45-46,58H,25-28,30H2,1-6H3,(H,52,59)(H,53,60)/t32-,45+,46-,51+/m0/s1. The number of aromatic nitrogens is 3. The molecule has 1 aromatic heterocycles. The number of methoxy groups -OCH3 is 3. The second kappa shape index (κ2) is 18.6. The third-order valence-electron chi connectivity index (χ3n) is 12.9. The number of aryl methyl sites for hydroxylation is 1. The van der Waals surface area contributed by atoms with Gasteiger partial charge < -0.3 is 39.6 Å². The van der Waals surface area contributed by atoms with Crippen LogP contribution in [0.25, 0.3) is 0 Å². The van der Waals surface area contributed by atoms with Crippen LogP contribution in [-0.4, -0.2) is 71.9 Å². The lowest BCUT2D eigenvalue weighted by Gasteiger charge is -2.38. The van der Waals surface area contributed by atoms with Gasteiger partial charge in [-0.15, -0.1) is 5.10 Å². The molecular formula is C51H54N6O8. The van der Waals surface area contributed by atoms with E-state index in [1.165, 1.54) is 0 Å². The number of nitrogens with one attached hydrogen (secondary N) is 2. The summed E-state index contributed by atoms with van der Waals surface area (Å²) in [5.41, 5.74) is 4.03. The summed E-state index contributed by atoms with van der Waals surface area (Å²) < 4.78 is 25.2. The van der Waals surface area contributed by atoms with Crippen molar-refractivity contribution in [3.8, 4) is 17.2 Å². The largest absolute Gasteiger partial charge is 0.497 e. The van der Waals surface area contributed by atoms with E-state index in [0.29, 0.717) is 70.3 Å². The second-order valence-electron chi connectivity index (χ2n) is 17.1. The number of carbonyl (C=O) groups excluding carboxylic acids is 3. The van der Waals surface area contributed by atoms with Crippen LogP contribution >= 0.6 is 0 Å². The maximum absolute atomic E-state index is 15.6. The average molecular weight is 879 g/mol. The van der Waals surface area contributed by atoms with Crippen LogP contribution in [0.5, 0.6) is 17.2 Å². The van der Waals surface area contributed by atoms with Crippen molar-refractivity contribution in [3.63, 3.8) is 0 Å². The van der Waals surface area contributed by atoms with E-state index >= 15 is 4.79 Å². The molecule has 4 atom stereocenters. The Kier molecular flexibility index (Phi) is 12.8. The molecule has 0 radical (unpaired) electrons. The maximum Gasteiger partial charge on any atom is 0.264 e. The fourth-order valence-electron chi connectivity index (χ4n) is 9.52. The van der Waals surface area contributed by atoms with E-state index in [1.54, 1.807) is 79.4 Å². The second-order valence-corrected chi connectivity index (χ2v) is 17.1. The minimum Gasteiger partial charge on any atom is -0.497 e. The van der Waals surface area contributed by atoms with Crippen LogP contribution in [0.1, 0.15) is 70.3 Å². The number of aliphatic hydroxyl groups is 1. The maximum atomic E-state index is 15.6. The van der Waals surface area contributed by atoms with Crippen LogP contribution in [0.2, 0.25) is 0 Å². The summed E-state index contributed by atoms with van der Waals surface area (Å²) in [7, 11) is 4.79. The number of amides is 3. The molecule has 14 nitrogen and oxygen atoms in total. The first-order valence-corrected chi connectivity index (χ1v) is 21.7. The molecule has 6 aromatic rings. The van der Waals surface area contributed by atoms with E-state index < -0.39 is 17.1 Å². The number of carbonyl (C=O) groups is 3. The molecule has 1 saturated heterocycles. The Labute approximate surface area is 378 Å². The third-order valence-corrected chi connectivity index (χ3v) is 12.9. The molecule has 3 amide bonds. The van der Waals surface area contributed by atoms with Gasteiger partial charge in [0, 0.05) is 65.7 Å². The molecule has 3 N–H and O–H groups in total. The zero-order valence-corrected chi connectivity index (χ0v) is 37.4. The first kappa shape index (κ1) is 44.6. The summed E-state index contributed by atoms with van der Waals surface area (Å²) in [4.78, 5) is 44.0. The highest BCUT2D eigenvalue weighted by atomic mass is 16.5. The Hall–Kier alpha value is -7.03. The molecule has 5 aromatic carbocycles. The van der Waals surface area contributed by atoms with Gasteiger partial charge in [0.25, 0.3) is 17.7 Å². The summed E-state index contributed by atoms with van der Waals surface area (Å²) >= 11 is 0. The molecule has 336 valence electrons. The lowest BCUT2D eigenvalue weighted by atomic mass is 9.63. The predicted octanol–water partition coefficient (Wildman–Crippen LogP) is 7.80. The molecule has 65 heavy (non-hydrogen) atoms. The van der Waals surface area contributed by atoms with Crippen LogP contribution in [0.4, 0.5) is 17.1 Å². The fraction of sp³-hybridized carbons (Fsp3) is 0.314. The molecule has 2 aliphatic rings. The molecule has 3 heterocycles. The number of benzene rings is 5. The van der Waals surface area contributed by atoms with E-state index in [4.69, 9.17) is 18.9 Å². The summed E-state index contributed by atoms with van der Waals surface area (Å²) in [5, 5.41) is 24.1. The fourth-order valence-corrected chi connectivity index (χ4v) is 9.52. The van der Waals surface area contributed by atoms with E-state index in [0.717, 1.165) is 16.9 Å². The molecule has 2 aliphatic heterocycles. The van der Waals surface area contributed by atoms with Crippen LogP contribution in [0.15, 0.2) is 121 Å². The summed E-state index contributed by atoms with van der Waals surface area (Å²) in [5.74, 6) is 0.686. The topological polar surface area (TPSA) is 166 Å². The van der Waals surface area contributed by atoms with Gasteiger partial charge in [0.1, 0.15) is 17.2 Å². The number of fused-ring (bicyclic) bond motifs is 2. The predicted molar refractivity (Wildman–Crippen MR) is 247 cm³/mol. The minimum absolute atomic E-state index is 0.0333. The van der Waals surface area contributed by atoms with Gasteiger partial charge >= 0.3 is 0 Å². The summed E-state index contributed by atoms with van der Waals surface area (Å²) in [6, 6.07) is 34.8. The van der Waals surface area contributed by atoms with E-state index in [-0.39, 0.29) is 42.7 Å². The smallest absolute Gasteiger partial charge is 0.264 e. The molecule has 0 aliphatic carbocycles. The van der Waals surface area contributed by atoms with E-state index in [2.05, 4.69) is 53.8 Å². The Bertz CT molecular complexity index is 2650. The Morgan fingerprint density at radius 2 is 1.34 bits per heavy atom. The highest BCUT2D eigenvalue weighted by Gasteiger charge is 2.66. The quantitative estimate of drug-likeness (QED) is 0.0874. The van der Waals surface area contributed by atoms with Crippen molar-refractivity contribution in [3.05, 3.63) is 155 Å². The van der Waals surface area contributed by atoms with Gasteiger partial charge in [-0.1, -0.05) is 50.3 Å². The first-order chi connectivity index (χ1) is 31.4. The number of rotatable bonds is 16.